The van der Waals surface area contributed by atoms with Crippen molar-refractivity contribution in [3.63, 3.8) is 0 Å². The molecule has 2 nitrogen and oxygen atoms in total. The molecule has 0 atom stereocenters. The van der Waals surface area contributed by atoms with Crippen molar-refractivity contribution >= 4 is 5.94 Å². The smallest absolute Gasteiger partial charge is 0.148 e. The Morgan fingerprint density at radius 1 is 1.75 bits per heavy atom. The summed E-state index contributed by atoms with van der Waals surface area (Å²) in [6.07, 6.45) is 1.28. The maximum atomic E-state index is 12.1. The highest BCUT2D eigenvalue weighted by atomic mass is 19.2. The van der Waals surface area contributed by atoms with Crippen LogP contribution >= 0.6 is 0 Å². The third kappa shape index (κ3) is 0.724. The van der Waals surface area contributed by atoms with E-state index in [0.717, 1.165) is 6.42 Å². The summed E-state index contributed by atoms with van der Waals surface area (Å²) in [5.74, 6) is 1.53. The molecule has 0 aromatic rings. The summed E-state index contributed by atoms with van der Waals surface area (Å²) in [5.41, 5.74) is 0.157. The van der Waals surface area contributed by atoms with Gasteiger partial charge in [0.15, 0.2) is 0 Å². The van der Waals surface area contributed by atoms with Crippen LogP contribution in [0, 0.1) is 0 Å². The topological polar surface area (TPSA) is 20.3 Å². The third-order valence-corrected chi connectivity index (χ3v) is 1.18. The minimum absolute atomic E-state index is 0.157. The predicted molar refractivity (Wildman–Crippen MR) is 26.3 cm³/mol. The Bertz CT molecular complexity index is 139. The van der Waals surface area contributed by atoms with Crippen molar-refractivity contribution in [2.45, 2.75) is 12.8 Å². The molecule has 1 fully saturated rings. The van der Waals surface area contributed by atoms with Crippen LogP contribution in [-0.4, -0.2) is 17.6 Å². The van der Waals surface area contributed by atoms with Crippen molar-refractivity contribution in [2.24, 2.45) is 0 Å². The number of halogens is 1. The molecule has 0 aromatic carbocycles. The molecular weight excluding hydrogens is 109 g/mol. The molecule has 0 N–H and O–H groups in total. The molecule has 1 aliphatic rings. The van der Waals surface area contributed by atoms with E-state index < -0.39 is 0 Å². The minimum Gasteiger partial charge on any atom is -0.231 e. The van der Waals surface area contributed by atoms with E-state index in [1.54, 1.807) is 0 Å². The lowest BCUT2D eigenvalue weighted by Gasteiger charge is -1.99. The van der Waals surface area contributed by atoms with Crippen molar-refractivity contribution in [3.8, 4) is 0 Å². The fourth-order valence-corrected chi connectivity index (χ4v) is 0.742. The van der Waals surface area contributed by atoms with E-state index in [9.17, 15) is 9.28 Å². The van der Waals surface area contributed by atoms with Gasteiger partial charge in [-0.25, -0.2) is 9.92 Å². The van der Waals surface area contributed by atoms with Crippen LogP contribution in [0.3, 0.4) is 0 Å². The molecule has 0 unspecified atom stereocenters. The zero-order valence-electron chi connectivity index (χ0n) is 4.35. The van der Waals surface area contributed by atoms with E-state index in [0.29, 0.717) is 18.1 Å². The third-order valence-electron chi connectivity index (χ3n) is 1.18. The fourth-order valence-electron chi connectivity index (χ4n) is 0.742. The maximum Gasteiger partial charge on any atom is 0.148 e. The Balaban J connectivity index is 2.68. The van der Waals surface area contributed by atoms with E-state index in [4.69, 9.17) is 0 Å². The molecule has 0 spiro atoms. The highest BCUT2D eigenvalue weighted by molar-refractivity contribution is 5.51. The molecule has 1 heterocycles. The summed E-state index contributed by atoms with van der Waals surface area (Å²) in [7, 11) is 0. The molecule has 1 aliphatic heterocycles. The Hall–Kier alpha value is -0.820. The van der Waals surface area contributed by atoms with E-state index in [1.165, 1.54) is 5.94 Å². The number of hydrogen-bond donors (Lipinski definition) is 0. The van der Waals surface area contributed by atoms with Crippen LogP contribution in [0.1, 0.15) is 12.8 Å². The molecule has 0 amide bonds. The van der Waals surface area contributed by atoms with Crippen LogP contribution in [0.5, 0.6) is 0 Å². The predicted octanol–water partition coefficient (Wildman–Crippen LogP) is 0.682. The molecule has 3 heteroatoms. The van der Waals surface area contributed by atoms with Crippen molar-refractivity contribution in [1.82, 2.24) is 5.12 Å². The zero-order valence-corrected chi connectivity index (χ0v) is 4.35. The first kappa shape index (κ1) is 5.32. The minimum atomic E-state index is 0.157. The van der Waals surface area contributed by atoms with Crippen LogP contribution in [0.15, 0.2) is 5.70 Å². The van der Waals surface area contributed by atoms with Crippen LogP contribution in [0.25, 0.3) is 0 Å². The lowest BCUT2D eigenvalue weighted by molar-refractivity contribution is 0.0952. The Morgan fingerprint density at radius 3 is 2.75 bits per heavy atom. The van der Waals surface area contributed by atoms with E-state index >= 15 is 0 Å². The second-order valence-corrected chi connectivity index (χ2v) is 1.74. The Labute approximate surface area is 46.5 Å². The molecular formula is C5H6FNO. The molecule has 0 saturated carbocycles. The molecule has 0 bridgehead atoms. The summed E-state index contributed by atoms with van der Waals surface area (Å²) in [4.78, 5) is 9.77. The number of hydrogen-bond acceptors (Lipinski definition) is 2. The maximum absolute atomic E-state index is 12.1. The standard InChI is InChI=1S/C5H6FNO/c6-7-3-1-2-5(7)4-8/h1-3H2. The lowest BCUT2D eigenvalue weighted by Crippen LogP contribution is -2.03. The average molecular weight is 115 g/mol. The summed E-state index contributed by atoms with van der Waals surface area (Å²) in [6.45, 7) is 0.352. The van der Waals surface area contributed by atoms with Crippen molar-refractivity contribution < 1.29 is 9.28 Å². The van der Waals surface area contributed by atoms with Gasteiger partial charge < -0.3 is 0 Å². The molecule has 44 valence electrons. The average Bonchev–Trinajstić information content (AvgIpc) is 2.14. The monoisotopic (exact) mass is 115 g/mol. The first-order valence-electron chi connectivity index (χ1n) is 2.52. The van der Waals surface area contributed by atoms with Crippen LogP contribution in [0.4, 0.5) is 4.48 Å². The molecule has 0 aromatic heterocycles. The quantitative estimate of drug-likeness (QED) is 0.342. The molecule has 1 rings (SSSR count). The van der Waals surface area contributed by atoms with E-state index in [-0.39, 0.29) is 5.70 Å². The number of carbonyl (C=O) groups excluding carboxylic acids is 1. The van der Waals surface area contributed by atoms with Gasteiger partial charge in [0, 0.05) is 6.42 Å². The Morgan fingerprint density at radius 2 is 2.50 bits per heavy atom. The van der Waals surface area contributed by atoms with Gasteiger partial charge in [-0.2, -0.15) is 0 Å². The van der Waals surface area contributed by atoms with Crippen molar-refractivity contribution in [1.29, 1.82) is 0 Å². The summed E-state index contributed by atoms with van der Waals surface area (Å²) in [6, 6.07) is 0. The number of allylic oxidation sites excluding steroid dienone is 1. The van der Waals surface area contributed by atoms with Crippen LogP contribution in [-0.2, 0) is 4.79 Å². The van der Waals surface area contributed by atoms with Gasteiger partial charge in [-0.3, -0.25) is 0 Å². The zero-order chi connectivity index (χ0) is 5.98. The summed E-state index contributed by atoms with van der Waals surface area (Å²) < 4.78 is 12.1. The first-order valence-corrected chi connectivity index (χ1v) is 2.52. The summed E-state index contributed by atoms with van der Waals surface area (Å²) in [5, 5.41) is 0.451. The SMILES string of the molecule is O=C=C1CCCN1F. The highest BCUT2D eigenvalue weighted by Crippen LogP contribution is 2.17. The molecule has 8 heavy (non-hydrogen) atoms. The fraction of sp³-hybridized carbons (Fsp3) is 0.600. The van der Waals surface area contributed by atoms with E-state index in [1.807, 2.05) is 0 Å². The number of nitrogens with zero attached hydrogens (tertiary/aromatic N) is 1. The highest BCUT2D eigenvalue weighted by Gasteiger charge is 2.16. The Kier molecular flexibility index (Phi) is 1.31. The van der Waals surface area contributed by atoms with Gasteiger partial charge in [-0.05, 0) is 6.42 Å². The molecule has 0 aliphatic carbocycles. The first-order chi connectivity index (χ1) is 3.84. The lowest BCUT2D eigenvalue weighted by atomic mass is 10.3. The van der Waals surface area contributed by atoms with Gasteiger partial charge in [0.05, 0.1) is 6.54 Å². The molecule has 1 saturated heterocycles. The van der Waals surface area contributed by atoms with Crippen LogP contribution in [0.2, 0.25) is 0 Å². The normalized spacial score (nSPS) is 19.1. The largest absolute Gasteiger partial charge is 0.231 e. The van der Waals surface area contributed by atoms with Crippen molar-refractivity contribution in [2.75, 3.05) is 6.54 Å². The summed E-state index contributed by atoms with van der Waals surface area (Å²) >= 11 is 0. The second kappa shape index (κ2) is 1.97. The number of rotatable bonds is 0. The van der Waals surface area contributed by atoms with Crippen molar-refractivity contribution in [3.05, 3.63) is 5.70 Å². The van der Waals surface area contributed by atoms with Gasteiger partial charge in [0.1, 0.15) is 11.6 Å². The van der Waals surface area contributed by atoms with E-state index in [2.05, 4.69) is 0 Å². The van der Waals surface area contributed by atoms with Crippen LogP contribution < -0.4 is 0 Å². The van der Waals surface area contributed by atoms with Gasteiger partial charge in [-0.1, -0.05) is 4.48 Å². The molecule has 0 radical (unpaired) electrons. The van der Waals surface area contributed by atoms with Gasteiger partial charge in [-0.15, -0.1) is 0 Å². The van der Waals surface area contributed by atoms with Gasteiger partial charge >= 0.3 is 0 Å². The van der Waals surface area contributed by atoms with Gasteiger partial charge in [0.2, 0.25) is 0 Å². The second-order valence-electron chi connectivity index (χ2n) is 1.74. The van der Waals surface area contributed by atoms with Gasteiger partial charge in [0.25, 0.3) is 0 Å².